The predicted molar refractivity (Wildman–Crippen MR) is 71.2 cm³/mol. The molecule has 0 saturated heterocycles. The number of nitrogens with zero attached hydrogens (tertiary/aromatic N) is 1. The first-order valence-electron chi connectivity index (χ1n) is 5.39. The summed E-state index contributed by atoms with van der Waals surface area (Å²) in [7, 11) is -1.15. The van der Waals surface area contributed by atoms with Gasteiger partial charge in [0, 0.05) is 12.1 Å². The molecule has 88 valence electrons. The number of rotatable bonds is 3. The lowest BCUT2D eigenvalue weighted by molar-refractivity contribution is 0.650. The maximum atomic E-state index is 11.8. The summed E-state index contributed by atoms with van der Waals surface area (Å²) in [5.41, 5.74) is 2.12. The first-order chi connectivity index (χ1) is 7.39. The first-order valence-corrected chi connectivity index (χ1v) is 6.50. The van der Waals surface area contributed by atoms with Crippen LogP contribution >= 0.6 is 0 Å². The van der Waals surface area contributed by atoms with E-state index in [-0.39, 0.29) is 4.75 Å². The molecule has 0 fully saturated rings. The van der Waals surface area contributed by atoms with E-state index in [1.807, 2.05) is 45.9 Å². The summed E-state index contributed by atoms with van der Waals surface area (Å²) in [5, 5.41) is 0. The summed E-state index contributed by atoms with van der Waals surface area (Å²) >= 11 is 0. The standard InChI is InChI=1S/C13H19NOS/c1-11(14-16(15)13(2,3)4)10-12-8-6-5-7-9-12/h5-9H,10H2,1-4H3/b14-11+. The second-order valence-electron chi connectivity index (χ2n) is 4.85. The second-order valence-corrected chi connectivity index (χ2v) is 6.76. The van der Waals surface area contributed by atoms with Crippen molar-refractivity contribution in [1.82, 2.24) is 0 Å². The average molecular weight is 237 g/mol. The fourth-order valence-corrected chi connectivity index (χ4v) is 1.82. The van der Waals surface area contributed by atoms with Crippen LogP contribution in [-0.2, 0) is 17.4 Å². The Kier molecular flexibility index (Phi) is 4.42. The monoisotopic (exact) mass is 237 g/mol. The van der Waals surface area contributed by atoms with E-state index in [4.69, 9.17) is 0 Å². The molecule has 1 rings (SSSR count). The quantitative estimate of drug-likeness (QED) is 0.743. The van der Waals surface area contributed by atoms with Crippen LogP contribution in [0.1, 0.15) is 33.3 Å². The van der Waals surface area contributed by atoms with Gasteiger partial charge in [-0.05, 0) is 33.3 Å². The number of hydrogen-bond donors (Lipinski definition) is 0. The zero-order valence-electron chi connectivity index (χ0n) is 10.4. The second kappa shape index (κ2) is 5.39. The van der Waals surface area contributed by atoms with Gasteiger partial charge < -0.3 is 0 Å². The Morgan fingerprint density at radius 3 is 2.31 bits per heavy atom. The topological polar surface area (TPSA) is 29.4 Å². The lowest BCUT2D eigenvalue weighted by Gasteiger charge is -2.14. The van der Waals surface area contributed by atoms with Gasteiger partial charge in [-0.3, -0.25) is 0 Å². The van der Waals surface area contributed by atoms with Crippen molar-refractivity contribution in [3.8, 4) is 0 Å². The summed E-state index contributed by atoms with van der Waals surface area (Å²) in [4.78, 5) is 0. The largest absolute Gasteiger partial charge is 0.234 e. The molecule has 0 aliphatic carbocycles. The normalized spacial score (nSPS) is 14.9. The molecule has 1 aromatic carbocycles. The van der Waals surface area contributed by atoms with Crippen molar-refractivity contribution < 1.29 is 4.21 Å². The van der Waals surface area contributed by atoms with Crippen molar-refractivity contribution in [3.05, 3.63) is 35.9 Å². The Morgan fingerprint density at radius 2 is 1.81 bits per heavy atom. The Hall–Kier alpha value is -0.960. The molecule has 0 radical (unpaired) electrons. The molecule has 0 aliphatic rings. The van der Waals surface area contributed by atoms with Crippen LogP contribution in [0.15, 0.2) is 34.7 Å². The Labute approximate surface area is 100 Å². The van der Waals surface area contributed by atoms with E-state index >= 15 is 0 Å². The summed E-state index contributed by atoms with van der Waals surface area (Å²) < 4.78 is 15.7. The summed E-state index contributed by atoms with van der Waals surface area (Å²) in [6.07, 6.45) is 0.767. The van der Waals surface area contributed by atoms with E-state index in [1.54, 1.807) is 0 Å². The minimum atomic E-state index is -1.15. The molecular formula is C13H19NOS. The predicted octanol–water partition coefficient (Wildman–Crippen LogP) is 3.15. The van der Waals surface area contributed by atoms with Gasteiger partial charge in [0.05, 0.1) is 4.75 Å². The smallest absolute Gasteiger partial charge is 0.144 e. The third-order valence-corrected chi connectivity index (χ3v) is 3.59. The van der Waals surface area contributed by atoms with Crippen molar-refractivity contribution in [3.63, 3.8) is 0 Å². The SMILES string of the molecule is C/C(Cc1ccccc1)=N\S(=O)C(C)(C)C. The molecule has 0 spiro atoms. The van der Waals surface area contributed by atoms with E-state index in [2.05, 4.69) is 16.5 Å². The lowest BCUT2D eigenvalue weighted by atomic mass is 10.1. The first kappa shape index (κ1) is 13.1. The molecule has 0 saturated carbocycles. The average Bonchev–Trinajstić information content (AvgIpc) is 2.17. The highest BCUT2D eigenvalue weighted by molar-refractivity contribution is 7.85. The molecule has 16 heavy (non-hydrogen) atoms. The number of benzene rings is 1. The van der Waals surface area contributed by atoms with E-state index < -0.39 is 11.0 Å². The molecule has 0 aromatic heterocycles. The zero-order chi connectivity index (χ0) is 12.2. The van der Waals surface area contributed by atoms with Crippen LogP contribution in [0.25, 0.3) is 0 Å². The van der Waals surface area contributed by atoms with Crippen LogP contribution in [-0.4, -0.2) is 14.7 Å². The molecule has 1 atom stereocenters. The van der Waals surface area contributed by atoms with Crippen molar-refractivity contribution in [1.29, 1.82) is 0 Å². The third kappa shape index (κ3) is 4.27. The van der Waals surface area contributed by atoms with Gasteiger partial charge in [-0.15, -0.1) is 0 Å². The van der Waals surface area contributed by atoms with Crippen molar-refractivity contribution in [2.24, 2.45) is 4.40 Å². The van der Waals surface area contributed by atoms with Gasteiger partial charge in [0.25, 0.3) is 0 Å². The van der Waals surface area contributed by atoms with Gasteiger partial charge in [-0.25, -0.2) is 4.21 Å². The van der Waals surface area contributed by atoms with Crippen LogP contribution in [0.5, 0.6) is 0 Å². The molecule has 1 unspecified atom stereocenters. The molecular weight excluding hydrogens is 218 g/mol. The molecule has 0 bridgehead atoms. The Bertz CT molecular complexity index is 390. The van der Waals surface area contributed by atoms with Crippen molar-refractivity contribution >= 4 is 16.7 Å². The van der Waals surface area contributed by atoms with Gasteiger partial charge in [0.15, 0.2) is 0 Å². The van der Waals surface area contributed by atoms with Gasteiger partial charge in [0.1, 0.15) is 11.0 Å². The Balaban J connectivity index is 2.70. The van der Waals surface area contributed by atoms with E-state index in [1.165, 1.54) is 5.56 Å². The van der Waals surface area contributed by atoms with Gasteiger partial charge in [-0.1, -0.05) is 30.3 Å². The Morgan fingerprint density at radius 1 is 1.25 bits per heavy atom. The summed E-state index contributed by atoms with van der Waals surface area (Å²) in [6.45, 7) is 7.73. The molecule has 0 heterocycles. The van der Waals surface area contributed by atoms with Gasteiger partial charge in [0.2, 0.25) is 0 Å². The highest BCUT2D eigenvalue weighted by atomic mass is 32.2. The third-order valence-electron chi connectivity index (χ3n) is 2.07. The van der Waals surface area contributed by atoms with Gasteiger partial charge >= 0.3 is 0 Å². The molecule has 0 N–H and O–H groups in total. The molecule has 3 heteroatoms. The van der Waals surface area contributed by atoms with Crippen LogP contribution < -0.4 is 0 Å². The molecule has 0 aliphatic heterocycles. The molecule has 2 nitrogen and oxygen atoms in total. The van der Waals surface area contributed by atoms with Crippen LogP contribution in [0.3, 0.4) is 0 Å². The zero-order valence-corrected chi connectivity index (χ0v) is 11.2. The van der Waals surface area contributed by atoms with Crippen LogP contribution in [0.2, 0.25) is 0 Å². The number of hydrogen-bond acceptors (Lipinski definition) is 1. The van der Waals surface area contributed by atoms with Crippen LogP contribution in [0, 0.1) is 0 Å². The van der Waals surface area contributed by atoms with E-state index in [9.17, 15) is 4.21 Å². The van der Waals surface area contributed by atoms with Gasteiger partial charge in [-0.2, -0.15) is 4.40 Å². The summed E-state index contributed by atoms with van der Waals surface area (Å²) in [6, 6.07) is 10.1. The van der Waals surface area contributed by atoms with E-state index in [0.717, 1.165) is 12.1 Å². The molecule has 1 aromatic rings. The minimum Gasteiger partial charge on any atom is -0.234 e. The van der Waals surface area contributed by atoms with E-state index in [0.29, 0.717) is 0 Å². The van der Waals surface area contributed by atoms with Crippen LogP contribution in [0.4, 0.5) is 0 Å². The lowest BCUT2D eigenvalue weighted by Crippen LogP contribution is -2.20. The maximum absolute atomic E-state index is 11.8. The fourth-order valence-electron chi connectivity index (χ4n) is 1.20. The van der Waals surface area contributed by atoms with Crippen molar-refractivity contribution in [2.75, 3.05) is 0 Å². The highest BCUT2D eigenvalue weighted by Crippen LogP contribution is 2.13. The minimum absolute atomic E-state index is 0.280. The fraction of sp³-hybridized carbons (Fsp3) is 0.462. The highest BCUT2D eigenvalue weighted by Gasteiger charge is 2.18. The maximum Gasteiger partial charge on any atom is 0.144 e. The van der Waals surface area contributed by atoms with Crippen molar-refractivity contribution in [2.45, 2.75) is 38.9 Å². The summed E-state index contributed by atoms with van der Waals surface area (Å²) in [5.74, 6) is 0. The molecule has 0 amide bonds.